The fourth-order valence-electron chi connectivity index (χ4n) is 1.98. The minimum atomic E-state index is -0.564. The van der Waals surface area contributed by atoms with E-state index in [1.54, 1.807) is 16.8 Å². The first-order valence-electron chi connectivity index (χ1n) is 6.07. The topological polar surface area (TPSA) is 57.5 Å². The molecule has 0 bridgehead atoms. The van der Waals surface area contributed by atoms with Crippen molar-refractivity contribution in [2.75, 3.05) is 14.2 Å². The molecule has 2 rings (SSSR count). The summed E-state index contributed by atoms with van der Waals surface area (Å²) >= 11 is 0. The summed E-state index contributed by atoms with van der Waals surface area (Å²) in [6.45, 7) is 0.474. The minimum Gasteiger partial charge on any atom is -0.465 e. The molecular weight excluding hydrogens is 258 g/mol. The van der Waals surface area contributed by atoms with Gasteiger partial charge in [-0.3, -0.25) is 0 Å². The molecule has 2 aromatic rings. The van der Waals surface area contributed by atoms with Gasteiger partial charge in [0.05, 0.1) is 19.8 Å². The first-order valence-corrected chi connectivity index (χ1v) is 6.07. The van der Waals surface area contributed by atoms with Gasteiger partial charge in [0, 0.05) is 12.7 Å². The number of carbonyl (C=O) groups is 2. The molecule has 0 amide bonds. The molecule has 1 aromatic heterocycles. The summed E-state index contributed by atoms with van der Waals surface area (Å²) in [5, 5.41) is 0. The maximum Gasteiger partial charge on any atom is 0.355 e. The van der Waals surface area contributed by atoms with Crippen LogP contribution in [0.3, 0.4) is 0 Å². The van der Waals surface area contributed by atoms with Crippen LogP contribution in [-0.4, -0.2) is 30.7 Å². The van der Waals surface area contributed by atoms with Crippen molar-refractivity contribution in [3.8, 4) is 0 Å². The standard InChI is InChI=1S/C15H15NO4/c1-19-14(17)12-8-9-16(13(12)15(18)20-2)10-11-6-4-3-5-7-11/h3-9H,10H2,1-2H3. The molecule has 5 nitrogen and oxygen atoms in total. The molecule has 1 aromatic carbocycles. The van der Waals surface area contributed by atoms with E-state index in [1.807, 2.05) is 30.3 Å². The van der Waals surface area contributed by atoms with Crippen LogP contribution in [0.25, 0.3) is 0 Å². The zero-order valence-electron chi connectivity index (χ0n) is 11.3. The van der Waals surface area contributed by atoms with E-state index >= 15 is 0 Å². The maximum atomic E-state index is 11.9. The Morgan fingerprint density at radius 2 is 1.65 bits per heavy atom. The number of nitrogens with zero attached hydrogens (tertiary/aromatic N) is 1. The Kier molecular flexibility index (Phi) is 4.20. The average molecular weight is 273 g/mol. The molecule has 0 unspecified atom stereocenters. The summed E-state index contributed by atoms with van der Waals surface area (Å²) in [5.41, 5.74) is 1.42. The number of carbonyl (C=O) groups excluding carboxylic acids is 2. The second kappa shape index (κ2) is 6.06. The van der Waals surface area contributed by atoms with Gasteiger partial charge in [-0.25, -0.2) is 9.59 Å². The first-order chi connectivity index (χ1) is 9.67. The summed E-state index contributed by atoms with van der Waals surface area (Å²) in [7, 11) is 2.56. The Morgan fingerprint density at radius 1 is 1.00 bits per heavy atom. The van der Waals surface area contributed by atoms with E-state index in [2.05, 4.69) is 4.74 Å². The van der Waals surface area contributed by atoms with Gasteiger partial charge in [-0.15, -0.1) is 0 Å². The van der Waals surface area contributed by atoms with Crippen LogP contribution in [0.4, 0.5) is 0 Å². The highest BCUT2D eigenvalue weighted by Gasteiger charge is 2.23. The summed E-state index contributed by atoms with van der Waals surface area (Å²) in [5.74, 6) is -1.12. The van der Waals surface area contributed by atoms with Crippen molar-refractivity contribution in [3.05, 3.63) is 59.4 Å². The summed E-state index contributed by atoms with van der Waals surface area (Å²) in [6.07, 6.45) is 1.67. The molecule has 0 fully saturated rings. The van der Waals surface area contributed by atoms with Gasteiger partial charge in [0.15, 0.2) is 0 Å². The Hall–Kier alpha value is -2.56. The number of aromatic nitrogens is 1. The van der Waals surface area contributed by atoms with Gasteiger partial charge >= 0.3 is 11.9 Å². The highest BCUT2D eigenvalue weighted by atomic mass is 16.5. The van der Waals surface area contributed by atoms with E-state index in [-0.39, 0.29) is 11.3 Å². The zero-order chi connectivity index (χ0) is 14.5. The molecule has 0 saturated carbocycles. The maximum absolute atomic E-state index is 11.9. The van der Waals surface area contributed by atoms with E-state index in [1.165, 1.54) is 14.2 Å². The highest BCUT2D eigenvalue weighted by molar-refractivity contribution is 6.02. The molecule has 104 valence electrons. The first kappa shape index (κ1) is 13.9. The van der Waals surface area contributed by atoms with Crippen LogP contribution in [0.5, 0.6) is 0 Å². The van der Waals surface area contributed by atoms with Crippen molar-refractivity contribution in [1.82, 2.24) is 4.57 Å². The van der Waals surface area contributed by atoms with Crippen molar-refractivity contribution in [2.45, 2.75) is 6.54 Å². The van der Waals surface area contributed by atoms with E-state index in [0.29, 0.717) is 6.54 Å². The third-order valence-electron chi connectivity index (χ3n) is 2.94. The Balaban J connectivity index is 2.40. The Morgan fingerprint density at radius 3 is 2.25 bits per heavy atom. The SMILES string of the molecule is COC(=O)c1ccn(Cc2ccccc2)c1C(=O)OC. The van der Waals surface area contributed by atoms with E-state index in [4.69, 9.17) is 4.74 Å². The van der Waals surface area contributed by atoms with Crippen LogP contribution >= 0.6 is 0 Å². The molecule has 5 heteroatoms. The lowest BCUT2D eigenvalue weighted by Gasteiger charge is -2.09. The molecule has 20 heavy (non-hydrogen) atoms. The van der Waals surface area contributed by atoms with Crippen LogP contribution in [0.2, 0.25) is 0 Å². The highest BCUT2D eigenvalue weighted by Crippen LogP contribution is 2.16. The van der Waals surface area contributed by atoms with Crippen LogP contribution in [-0.2, 0) is 16.0 Å². The predicted molar refractivity (Wildman–Crippen MR) is 72.7 cm³/mol. The predicted octanol–water partition coefficient (Wildman–Crippen LogP) is 2.11. The largest absolute Gasteiger partial charge is 0.465 e. The van der Waals surface area contributed by atoms with E-state index in [9.17, 15) is 9.59 Å². The molecule has 0 aliphatic heterocycles. The van der Waals surface area contributed by atoms with Crippen molar-refractivity contribution >= 4 is 11.9 Å². The molecule has 1 heterocycles. The Labute approximate surface area is 116 Å². The molecule has 0 aliphatic carbocycles. The minimum absolute atomic E-state index is 0.197. The molecule has 0 spiro atoms. The fourth-order valence-corrected chi connectivity index (χ4v) is 1.98. The zero-order valence-corrected chi connectivity index (χ0v) is 11.3. The summed E-state index contributed by atoms with van der Waals surface area (Å²) < 4.78 is 11.1. The Bertz CT molecular complexity index is 616. The smallest absolute Gasteiger partial charge is 0.355 e. The number of rotatable bonds is 4. The molecule has 0 atom stereocenters. The number of ether oxygens (including phenoxy) is 2. The molecule has 0 N–H and O–H groups in total. The third kappa shape index (κ3) is 2.71. The molecule has 0 radical (unpaired) electrons. The molecule has 0 aliphatic rings. The van der Waals surface area contributed by atoms with Crippen molar-refractivity contribution < 1.29 is 19.1 Å². The lowest BCUT2D eigenvalue weighted by atomic mass is 10.2. The lowest BCUT2D eigenvalue weighted by molar-refractivity contribution is 0.0547. The van der Waals surface area contributed by atoms with E-state index < -0.39 is 11.9 Å². The van der Waals surface area contributed by atoms with Gasteiger partial charge in [0.1, 0.15) is 5.69 Å². The second-order valence-electron chi connectivity index (χ2n) is 4.17. The van der Waals surface area contributed by atoms with Crippen molar-refractivity contribution in [1.29, 1.82) is 0 Å². The van der Waals surface area contributed by atoms with E-state index in [0.717, 1.165) is 5.56 Å². The van der Waals surface area contributed by atoms with Crippen LogP contribution in [0.15, 0.2) is 42.6 Å². The van der Waals surface area contributed by atoms with Crippen LogP contribution in [0, 0.1) is 0 Å². The number of hydrogen-bond donors (Lipinski definition) is 0. The quantitative estimate of drug-likeness (QED) is 0.801. The van der Waals surface area contributed by atoms with Gasteiger partial charge in [0.25, 0.3) is 0 Å². The average Bonchev–Trinajstić information content (AvgIpc) is 2.90. The molecular formula is C15H15NO4. The third-order valence-corrected chi connectivity index (χ3v) is 2.94. The fraction of sp³-hybridized carbons (Fsp3) is 0.200. The second-order valence-corrected chi connectivity index (χ2v) is 4.17. The lowest BCUT2D eigenvalue weighted by Crippen LogP contribution is -2.15. The normalized spacial score (nSPS) is 10.1. The van der Waals surface area contributed by atoms with Gasteiger partial charge in [-0.1, -0.05) is 30.3 Å². The monoisotopic (exact) mass is 273 g/mol. The number of methoxy groups -OCH3 is 2. The van der Waals surface area contributed by atoms with Gasteiger partial charge in [-0.2, -0.15) is 0 Å². The van der Waals surface area contributed by atoms with Crippen molar-refractivity contribution in [2.24, 2.45) is 0 Å². The van der Waals surface area contributed by atoms with Crippen LogP contribution < -0.4 is 0 Å². The van der Waals surface area contributed by atoms with Gasteiger partial charge in [0.2, 0.25) is 0 Å². The van der Waals surface area contributed by atoms with Gasteiger partial charge in [-0.05, 0) is 11.6 Å². The van der Waals surface area contributed by atoms with Crippen LogP contribution in [0.1, 0.15) is 26.4 Å². The summed E-state index contributed by atoms with van der Waals surface area (Å²) in [4.78, 5) is 23.6. The molecule has 0 saturated heterocycles. The number of esters is 2. The number of hydrogen-bond acceptors (Lipinski definition) is 4. The van der Waals surface area contributed by atoms with Gasteiger partial charge < -0.3 is 14.0 Å². The van der Waals surface area contributed by atoms with Crippen molar-refractivity contribution in [3.63, 3.8) is 0 Å². The number of benzene rings is 1. The summed E-state index contributed by atoms with van der Waals surface area (Å²) in [6, 6.07) is 11.2.